The fourth-order valence-electron chi connectivity index (χ4n) is 3.13. The number of hydrogen-bond donors (Lipinski definition) is 3. The third kappa shape index (κ3) is 4.96. The zero-order valence-electron chi connectivity index (χ0n) is 14.6. The zero-order chi connectivity index (χ0) is 17.7. The Labute approximate surface area is 143 Å². The van der Waals surface area contributed by atoms with Crippen molar-refractivity contribution >= 4 is 12.0 Å². The fourth-order valence-corrected chi connectivity index (χ4v) is 3.13. The molecule has 1 aliphatic carbocycles. The minimum Gasteiger partial charge on any atom is -0.480 e. The number of aryl methyl sites for hydroxylation is 2. The molecule has 24 heavy (non-hydrogen) atoms. The largest absolute Gasteiger partial charge is 0.480 e. The lowest BCUT2D eigenvalue weighted by atomic mass is 9.85. The number of likely N-dealkylation sites (N-methyl/N-ethyl adjacent to an activating group) is 1. The molecule has 0 bridgehead atoms. The molecule has 0 saturated heterocycles. The molecule has 0 radical (unpaired) electrons. The van der Waals surface area contributed by atoms with Crippen LogP contribution in [0.25, 0.3) is 0 Å². The second-order valence-corrected chi connectivity index (χ2v) is 6.54. The van der Waals surface area contributed by atoms with Crippen LogP contribution in [0.5, 0.6) is 0 Å². The van der Waals surface area contributed by atoms with Crippen LogP contribution in [0.15, 0.2) is 18.2 Å². The van der Waals surface area contributed by atoms with Crippen LogP contribution in [0.4, 0.5) is 4.79 Å². The highest BCUT2D eigenvalue weighted by atomic mass is 16.4. The number of carboxylic acid groups (broad SMARTS) is 1. The smallest absolute Gasteiger partial charge is 0.317 e. The molecule has 6 nitrogen and oxygen atoms in total. The molecule has 0 heterocycles. The molecule has 1 aromatic carbocycles. The van der Waals surface area contributed by atoms with Crippen LogP contribution in [0, 0.1) is 13.8 Å². The summed E-state index contributed by atoms with van der Waals surface area (Å²) in [6, 6.07) is 6.38. The van der Waals surface area contributed by atoms with Crippen molar-refractivity contribution in [3.05, 3.63) is 34.9 Å². The van der Waals surface area contributed by atoms with Crippen molar-refractivity contribution in [1.29, 1.82) is 0 Å². The van der Waals surface area contributed by atoms with Gasteiger partial charge in [0.1, 0.15) is 0 Å². The first-order chi connectivity index (χ1) is 11.4. The number of nitrogens with zero attached hydrogens (tertiary/aromatic N) is 1. The van der Waals surface area contributed by atoms with E-state index in [9.17, 15) is 9.59 Å². The van der Waals surface area contributed by atoms with Gasteiger partial charge in [-0.2, -0.15) is 0 Å². The molecular formula is C18H27N3O3. The number of urea groups is 1. The van der Waals surface area contributed by atoms with Crippen molar-refractivity contribution in [2.45, 2.75) is 52.2 Å². The maximum Gasteiger partial charge on any atom is 0.317 e. The van der Waals surface area contributed by atoms with Crippen molar-refractivity contribution in [3.63, 3.8) is 0 Å². The molecule has 0 aromatic heterocycles. The first kappa shape index (κ1) is 18.3. The number of benzene rings is 1. The van der Waals surface area contributed by atoms with E-state index in [1.165, 1.54) is 11.1 Å². The number of rotatable bonds is 7. The molecule has 1 saturated carbocycles. The maximum atomic E-state index is 12.0. The standard InChI is InChI=1S/C18H27N3O3/c1-4-21(11-17(22)23)16-8-15(9-16)20-18(24)19-10-14-6-5-12(2)7-13(14)3/h5-7,15-16H,4,8-11H2,1-3H3,(H,22,23)(H2,19,20,24). The van der Waals surface area contributed by atoms with Crippen LogP contribution >= 0.6 is 0 Å². The zero-order valence-corrected chi connectivity index (χ0v) is 14.6. The lowest BCUT2D eigenvalue weighted by Gasteiger charge is -2.42. The van der Waals surface area contributed by atoms with Gasteiger partial charge in [0, 0.05) is 18.6 Å². The van der Waals surface area contributed by atoms with Crippen molar-refractivity contribution in [3.8, 4) is 0 Å². The van der Waals surface area contributed by atoms with Gasteiger partial charge in [-0.1, -0.05) is 30.7 Å². The van der Waals surface area contributed by atoms with Crippen molar-refractivity contribution in [2.24, 2.45) is 0 Å². The summed E-state index contributed by atoms with van der Waals surface area (Å²) in [6.45, 7) is 7.33. The Balaban J connectivity index is 1.72. The van der Waals surface area contributed by atoms with Gasteiger partial charge in [-0.05, 0) is 44.4 Å². The van der Waals surface area contributed by atoms with E-state index in [1.54, 1.807) is 0 Å². The minimum atomic E-state index is -0.806. The van der Waals surface area contributed by atoms with Gasteiger partial charge in [0.25, 0.3) is 0 Å². The molecule has 132 valence electrons. The quantitative estimate of drug-likeness (QED) is 0.713. The van der Waals surface area contributed by atoms with Gasteiger partial charge in [0.05, 0.1) is 6.54 Å². The van der Waals surface area contributed by atoms with Crippen LogP contribution in [0.3, 0.4) is 0 Å². The number of amides is 2. The Bertz CT molecular complexity index is 597. The summed E-state index contributed by atoms with van der Waals surface area (Å²) in [7, 11) is 0. The molecular weight excluding hydrogens is 306 g/mol. The van der Waals surface area contributed by atoms with E-state index in [0.29, 0.717) is 13.1 Å². The summed E-state index contributed by atoms with van der Waals surface area (Å²) in [4.78, 5) is 24.7. The van der Waals surface area contributed by atoms with E-state index in [0.717, 1.165) is 18.4 Å². The molecule has 1 aromatic rings. The van der Waals surface area contributed by atoms with E-state index < -0.39 is 5.97 Å². The average molecular weight is 333 g/mol. The second kappa shape index (κ2) is 8.15. The Morgan fingerprint density at radius 3 is 2.58 bits per heavy atom. The first-order valence-electron chi connectivity index (χ1n) is 8.45. The lowest BCUT2D eigenvalue weighted by molar-refractivity contribution is -0.139. The van der Waals surface area contributed by atoms with E-state index in [4.69, 9.17) is 5.11 Å². The lowest BCUT2D eigenvalue weighted by Crippen LogP contribution is -2.56. The van der Waals surface area contributed by atoms with Gasteiger partial charge < -0.3 is 15.7 Å². The third-order valence-electron chi connectivity index (χ3n) is 4.65. The number of carboxylic acids is 1. The predicted octanol–water partition coefficient (Wildman–Crippen LogP) is 2.04. The summed E-state index contributed by atoms with van der Waals surface area (Å²) in [6.07, 6.45) is 1.61. The number of carbonyl (C=O) groups is 2. The molecule has 6 heteroatoms. The van der Waals surface area contributed by atoms with E-state index in [-0.39, 0.29) is 24.7 Å². The number of carbonyl (C=O) groups excluding carboxylic acids is 1. The SMILES string of the molecule is CCN(CC(=O)O)C1CC(NC(=O)NCc2ccc(C)cc2C)C1. The summed E-state index contributed by atoms with van der Waals surface area (Å²) in [5.74, 6) is -0.806. The van der Waals surface area contributed by atoms with Gasteiger partial charge in [0.15, 0.2) is 0 Å². The summed E-state index contributed by atoms with van der Waals surface area (Å²) in [5, 5.41) is 14.7. The Morgan fingerprint density at radius 2 is 2.00 bits per heavy atom. The molecule has 0 atom stereocenters. The van der Waals surface area contributed by atoms with Crippen LogP contribution in [-0.2, 0) is 11.3 Å². The van der Waals surface area contributed by atoms with E-state index in [1.807, 2.05) is 37.8 Å². The first-order valence-corrected chi connectivity index (χ1v) is 8.45. The molecule has 2 amide bonds. The van der Waals surface area contributed by atoms with Gasteiger partial charge in [-0.3, -0.25) is 9.69 Å². The van der Waals surface area contributed by atoms with E-state index in [2.05, 4.69) is 16.7 Å². The maximum absolute atomic E-state index is 12.0. The highest BCUT2D eigenvalue weighted by Crippen LogP contribution is 2.25. The summed E-state index contributed by atoms with van der Waals surface area (Å²) in [5.41, 5.74) is 3.50. The van der Waals surface area contributed by atoms with E-state index >= 15 is 0 Å². The molecule has 1 aliphatic rings. The Hall–Kier alpha value is -2.08. The minimum absolute atomic E-state index is 0.0623. The van der Waals surface area contributed by atoms with Crippen LogP contribution in [0.2, 0.25) is 0 Å². The monoisotopic (exact) mass is 333 g/mol. The van der Waals surface area contributed by atoms with Crippen LogP contribution in [-0.4, -0.2) is 47.2 Å². The molecule has 0 aliphatic heterocycles. The van der Waals surface area contributed by atoms with Gasteiger partial charge in [-0.25, -0.2) is 4.79 Å². The molecule has 1 fully saturated rings. The normalized spacial score (nSPS) is 19.7. The van der Waals surface area contributed by atoms with Gasteiger partial charge >= 0.3 is 12.0 Å². The fraction of sp³-hybridized carbons (Fsp3) is 0.556. The van der Waals surface area contributed by atoms with Crippen LogP contribution < -0.4 is 10.6 Å². The van der Waals surface area contributed by atoms with Crippen LogP contribution in [0.1, 0.15) is 36.5 Å². The topological polar surface area (TPSA) is 81.7 Å². The highest BCUT2D eigenvalue weighted by Gasteiger charge is 2.34. The van der Waals surface area contributed by atoms with Crippen molar-refractivity contribution < 1.29 is 14.7 Å². The molecule has 3 N–H and O–H groups in total. The Morgan fingerprint density at radius 1 is 1.29 bits per heavy atom. The number of aliphatic carboxylic acids is 1. The average Bonchev–Trinajstić information content (AvgIpc) is 2.47. The van der Waals surface area contributed by atoms with Gasteiger partial charge in [0.2, 0.25) is 0 Å². The van der Waals surface area contributed by atoms with Gasteiger partial charge in [-0.15, -0.1) is 0 Å². The summed E-state index contributed by atoms with van der Waals surface area (Å²) >= 11 is 0. The Kier molecular flexibility index (Phi) is 6.20. The third-order valence-corrected chi connectivity index (χ3v) is 4.65. The highest BCUT2D eigenvalue weighted by molar-refractivity contribution is 5.74. The summed E-state index contributed by atoms with van der Waals surface area (Å²) < 4.78 is 0. The molecule has 0 unspecified atom stereocenters. The number of nitrogens with one attached hydrogen (secondary N) is 2. The molecule has 2 rings (SSSR count). The molecule has 0 spiro atoms. The second-order valence-electron chi connectivity index (χ2n) is 6.54. The van der Waals surface area contributed by atoms with Crippen molar-refractivity contribution in [2.75, 3.05) is 13.1 Å². The number of hydrogen-bond acceptors (Lipinski definition) is 3. The van der Waals surface area contributed by atoms with Crippen molar-refractivity contribution in [1.82, 2.24) is 15.5 Å². The predicted molar refractivity (Wildman–Crippen MR) is 93.0 cm³/mol.